The van der Waals surface area contributed by atoms with Gasteiger partial charge in [-0.2, -0.15) is 8.42 Å². The first-order valence-electron chi connectivity index (χ1n) is 11.9. The molecule has 0 amide bonds. The highest BCUT2D eigenvalue weighted by molar-refractivity contribution is 7.79. The maximum Gasteiger partial charge on any atom is 0.440 e. The molecule has 0 aliphatic heterocycles. The number of aryl methyl sites for hydroxylation is 2. The molecule has 4 N–H and O–H groups in total. The minimum Gasteiger partial charge on any atom is -0.489 e. The Labute approximate surface area is 229 Å². The third kappa shape index (κ3) is 8.64. The van der Waals surface area contributed by atoms with Crippen molar-refractivity contribution in [2.75, 3.05) is 13.2 Å². The zero-order chi connectivity index (χ0) is 29.4. The first kappa shape index (κ1) is 30.3. The summed E-state index contributed by atoms with van der Waals surface area (Å²) in [5.41, 5.74) is 6.20. The standard InChI is InChI=1S/C26H27N3O6.H2O4S/c1-16-13-23(18(3)27-24(16)33-12-11-30)22-6-4-5-20(17(22)2)15-34-21-9-7-19(8-10-21)14-29-25(31)28-26(32)35-29;1-5(2,3)4/h4-10,13,30H,11-12,14-15H2,1-3H3,(H,28,31,32);(H2,1,2,3,4). The van der Waals surface area contributed by atoms with Gasteiger partial charge in [-0.25, -0.2) is 19.6 Å². The van der Waals surface area contributed by atoms with Crippen molar-refractivity contribution >= 4 is 10.4 Å². The number of nitrogens with one attached hydrogen (secondary N) is 1. The molecule has 2 heterocycles. The second kappa shape index (κ2) is 13.2. The lowest BCUT2D eigenvalue weighted by Crippen LogP contribution is -2.17. The highest BCUT2D eigenvalue weighted by Crippen LogP contribution is 2.31. The van der Waals surface area contributed by atoms with Gasteiger partial charge in [-0.1, -0.05) is 30.3 Å². The minimum absolute atomic E-state index is 0.0587. The smallest absolute Gasteiger partial charge is 0.440 e. The number of hydrogen-bond acceptors (Lipinski definition) is 9. The number of hydrogen-bond donors (Lipinski definition) is 4. The van der Waals surface area contributed by atoms with Crippen molar-refractivity contribution in [3.05, 3.63) is 97.5 Å². The molecule has 0 spiro atoms. The van der Waals surface area contributed by atoms with E-state index in [1.807, 2.05) is 50.2 Å². The summed E-state index contributed by atoms with van der Waals surface area (Å²) in [7, 11) is -4.67. The predicted molar refractivity (Wildman–Crippen MR) is 144 cm³/mol. The third-order valence-corrected chi connectivity index (χ3v) is 5.70. The summed E-state index contributed by atoms with van der Waals surface area (Å²) in [6, 6.07) is 15.4. The molecule has 0 fully saturated rings. The van der Waals surface area contributed by atoms with E-state index in [-0.39, 0.29) is 19.8 Å². The molecule has 0 saturated carbocycles. The van der Waals surface area contributed by atoms with Crippen LogP contribution in [-0.4, -0.2) is 50.6 Å². The van der Waals surface area contributed by atoms with Crippen LogP contribution in [-0.2, 0) is 23.6 Å². The van der Waals surface area contributed by atoms with Crippen molar-refractivity contribution in [1.82, 2.24) is 14.7 Å². The molecule has 0 aliphatic rings. The Bertz CT molecular complexity index is 1660. The quantitative estimate of drug-likeness (QED) is 0.214. The van der Waals surface area contributed by atoms with Gasteiger partial charge in [0.15, 0.2) is 0 Å². The van der Waals surface area contributed by atoms with Gasteiger partial charge >= 0.3 is 21.8 Å². The van der Waals surface area contributed by atoms with E-state index in [9.17, 15) is 9.59 Å². The molecule has 0 atom stereocenters. The van der Waals surface area contributed by atoms with Crippen LogP contribution >= 0.6 is 0 Å². The second-order valence-corrected chi connectivity index (χ2v) is 9.53. The Morgan fingerprint density at radius 1 is 1.00 bits per heavy atom. The SMILES string of the molecule is Cc1cc(-c2cccc(COc3ccc(Cn4oc(=O)[nH]c4=O)cc3)c2C)c(C)nc1OCCO.O=S(=O)(O)O. The summed E-state index contributed by atoms with van der Waals surface area (Å²) in [6.45, 7) is 6.62. The van der Waals surface area contributed by atoms with E-state index in [1.54, 1.807) is 0 Å². The molecule has 4 aromatic rings. The fraction of sp³-hybridized carbons (Fsp3) is 0.269. The van der Waals surface area contributed by atoms with Gasteiger partial charge in [0.2, 0.25) is 5.88 Å². The Balaban J connectivity index is 0.000000810. The zero-order valence-corrected chi connectivity index (χ0v) is 22.8. The molecule has 0 bridgehead atoms. The average Bonchev–Trinajstić information content (AvgIpc) is 3.19. The minimum atomic E-state index is -4.67. The van der Waals surface area contributed by atoms with Gasteiger partial charge in [0.1, 0.15) is 19.0 Å². The Kier molecular flexibility index (Phi) is 10.0. The van der Waals surface area contributed by atoms with Crippen LogP contribution < -0.4 is 20.9 Å². The maximum absolute atomic E-state index is 11.6. The molecular formula is C26H29N3O10S. The van der Waals surface area contributed by atoms with Crippen LogP contribution in [0.15, 0.2) is 62.6 Å². The lowest BCUT2D eigenvalue weighted by molar-refractivity contribution is 0.195. The van der Waals surface area contributed by atoms with Crippen LogP contribution in [0, 0.1) is 20.8 Å². The summed E-state index contributed by atoms with van der Waals surface area (Å²) >= 11 is 0. The summed E-state index contributed by atoms with van der Waals surface area (Å²) < 4.78 is 48.9. The number of aromatic amines is 1. The van der Waals surface area contributed by atoms with E-state index in [2.05, 4.69) is 29.0 Å². The molecule has 0 radical (unpaired) electrons. The Hall–Kier alpha value is -4.24. The van der Waals surface area contributed by atoms with Gasteiger partial charge < -0.3 is 19.1 Å². The summed E-state index contributed by atoms with van der Waals surface area (Å²) in [6.07, 6.45) is 0. The molecule has 2 aromatic heterocycles. The number of benzene rings is 2. The number of ether oxygens (including phenoxy) is 2. The summed E-state index contributed by atoms with van der Waals surface area (Å²) in [5, 5.41) is 9.01. The molecule has 14 heteroatoms. The number of aliphatic hydroxyl groups is 1. The molecule has 13 nitrogen and oxygen atoms in total. The molecule has 214 valence electrons. The van der Waals surface area contributed by atoms with Crippen LogP contribution in [0.25, 0.3) is 11.1 Å². The van der Waals surface area contributed by atoms with Gasteiger partial charge in [0.05, 0.1) is 13.2 Å². The molecule has 2 aromatic carbocycles. The molecular weight excluding hydrogens is 546 g/mol. The first-order chi connectivity index (χ1) is 18.9. The number of pyridine rings is 1. The highest BCUT2D eigenvalue weighted by atomic mass is 32.3. The van der Waals surface area contributed by atoms with E-state index in [4.69, 9.17) is 36.6 Å². The molecule has 0 saturated heterocycles. The van der Waals surface area contributed by atoms with Crippen LogP contribution in [0.1, 0.15) is 27.9 Å². The summed E-state index contributed by atoms with van der Waals surface area (Å²) in [5.74, 6) is 0.435. The first-order valence-corrected chi connectivity index (χ1v) is 13.3. The fourth-order valence-electron chi connectivity index (χ4n) is 3.81. The molecule has 0 aliphatic carbocycles. The molecule has 4 rings (SSSR count). The maximum atomic E-state index is 11.6. The number of nitrogens with zero attached hydrogens (tertiary/aromatic N) is 2. The van der Waals surface area contributed by atoms with Crippen LogP contribution in [0.3, 0.4) is 0 Å². The number of aromatic nitrogens is 3. The van der Waals surface area contributed by atoms with Crippen LogP contribution in [0.4, 0.5) is 0 Å². The van der Waals surface area contributed by atoms with E-state index < -0.39 is 21.8 Å². The third-order valence-electron chi connectivity index (χ3n) is 5.70. The monoisotopic (exact) mass is 575 g/mol. The largest absolute Gasteiger partial charge is 0.489 e. The van der Waals surface area contributed by atoms with Gasteiger partial charge in [0.25, 0.3) is 0 Å². The van der Waals surface area contributed by atoms with Crippen molar-refractivity contribution in [3.8, 4) is 22.8 Å². The predicted octanol–water partition coefficient (Wildman–Crippen LogP) is 2.46. The van der Waals surface area contributed by atoms with Crippen LogP contribution in [0.2, 0.25) is 0 Å². The molecule has 0 unspecified atom stereocenters. The van der Waals surface area contributed by atoms with Gasteiger partial charge in [-0.3, -0.25) is 9.11 Å². The van der Waals surface area contributed by atoms with Crippen molar-refractivity contribution in [2.24, 2.45) is 0 Å². The van der Waals surface area contributed by atoms with Crippen molar-refractivity contribution in [1.29, 1.82) is 0 Å². The number of aliphatic hydroxyl groups excluding tert-OH is 1. The second-order valence-electron chi connectivity index (χ2n) is 8.63. The van der Waals surface area contributed by atoms with Gasteiger partial charge in [-0.15, -0.1) is 4.74 Å². The molecule has 40 heavy (non-hydrogen) atoms. The van der Waals surface area contributed by atoms with E-state index in [0.717, 1.165) is 43.8 Å². The van der Waals surface area contributed by atoms with Gasteiger partial charge in [0, 0.05) is 16.8 Å². The lowest BCUT2D eigenvalue weighted by Gasteiger charge is -2.16. The Morgan fingerprint density at radius 3 is 2.27 bits per heavy atom. The highest BCUT2D eigenvalue weighted by Gasteiger charge is 2.13. The summed E-state index contributed by atoms with van der Waals surface area (Å²) in [4.78, 5) is 29.4. The van der Waals surface area contributed by atoms with E-state index in [0.29, 0.717) is 18.2 Å². The number of rotatable bonds is 9. The van der Waals surface area contributed by atoms with Gasteiger partial charge in [-0.05, 0) is 61.2 Å². The fourth-order valence-corrected chi connectivity index (χ4v) is 3.81. The van der Waals surface area contributed by atoms with Crippen LogP contribution in [0.5, 0.6) is 11.6 Å². The normalized spacial score (nSPS) is 11.1. The average molecular weight is 576 g/mol. The zero-order valence-electron chi connectivity index (χ0n) is 21.9. The van der Waals surface area contributed by atoms with Crippen molar-refractivity contribution in [3.63, 3.8) is 0 Å². The topological polar surface area (TPSA) is 194 Å². The van der Waals surface area contributed by atoms with Crippen molar-refractivity contribution < 1.29 is 36.6 Å². The van der Waals surface area contributed by atoms with E-state index >= 15 is 0 Å². The number of H-pyrrole nitrogens is 1. The lowest BCUT2D eigenvalue weighted by atomic mass is 9.95. The van der Waals surface area contributed by atoms with Crippen molar-refractivity contribution in [2.45, 2.75) is 33.9 Å². The van der Waals surface area contributed by atoms with E-state index in [1.165, 1.54) is 0 Å². The Morgan fingerprint density at radius 2 is 1.68 bits per heavy atom.